The summed E-state index contributed by atoms with van der Waals surface area (Å²) in [5.74, 6) is -0.0617. The van der Waals surface area contributed by atoms with Crippen LogP contribution in [-0.4, -0.2) is 47.4 Å². The largest absolute Gasteiger partial charge is 0.466 e. The van der Waals surface area contributed by atoms with Gasteiger partial charge in [-0.15, -0.1) is 0 Å². The number of hydrogen-bond donors (Lipinski definition) is 3. The molecule has 0 aromatic carbocycles. The average Bonchev–Trinajstić information content (AvgIpc) is 3.43. The van der Waals surface area contributed by atoms with E-state index in [-0.39, 0.29) is 18.5 Å². The fourth-order valence-electron chi connectivity index (χ4n) is 10.8. The van der Waals surface area contributed by atoms with E-state index in [4.69, 9.17) is 4.74 Å². The maximum Gasteiger partial charge on any atom is 0.305 e. The number of aliphatic hydroxyl groups excluding tert-OH is 2. The molecule has 0 saturated carbocycles. The van der Waals surface area contributed by atoms with Crippen molar-refractivity contribution in [3.05, 3.63) is 36.5 Å². The Morgan fingerprint density at radius 1 is 0.364 bits per heavy atom. The first-order chi connectivity index (χ1) is 38.0. The molecule has 0 aromatic heterocycles. The van der Waals surface area contributed by atoms with Gasteiger partial charge in [-0.2, -0.15) is 0 Å². The molecule has 2 unspecified atom stereocenters. The number of carbonyl (C=O) groups is 2. The molecule has 0 saturated heterocycles. The van der Waals surface area contributed by atoms with Gasteiger partial charge in [0.2, 0.25) is 5.91 Å². The number of carbonyl (C=O) groups excluding carboxylic acids is 2. The zero-order valence-electron chi connectivity index (χ0n) is 52.0. The number of hydrogen-bond acceptors (Lipinski definition) is 5. The van der Waals surface area contributed by atoms with E-state index in [2.05, 4.69) is 43.5 Å². The van der Waals surface area contributed by atoms with Crippen molar-refractivity contribution in [1.82, 2.24) is 5.32 Å². The highest BCUT2D eigenvalue weighted by Crippen LogP contribution is 2.18. The van der Waals surface area contributed by atoms with Crippen LogP contribution in [0.15, 0.2) is 36.5 Å². The van der Waals surface area contributed by atoms with Crippen LogP contribution in [0.3, 0.4) is 0 Å². The lowest BCUT2D eigenvalue weighted by atomic mass is 10.0. The molecule has 0 aliphatic carbocycles. The van der Waals surface area contributed by atoms with Crippen LogP contribution in [0.25, 0.3) is 0 Å². The molecular formula is C71H135NO5. The van der Waals surface area contributed by atoms with E-state index < -0.39 is 12.1 Å². The summed E-state index contributed by atoms with van der Waals surface area (Å²) in [5.41, 5.74) is 0. The standard InChI is InChI=1S/C71H135NO5/c1-3-5-7-9-11-13-15-17-19-21-22-29-32-35-39-43-47-51-55-59-63-69(74)68(67-73)72-70(75)64-60-56-52-48-44-40-36-33-30-27-25-23-24-26-28-31-34-38-42-46-50-54-58-62-66-77-71(76)65-61-57-53-49-45-41-37-20-18-16-14-12-10-8-6-4-2/h14,16,20,37,59,63,68-69,73-74H,3-13,15,17-19,21-36,38-58,60-62,64-67H2,1-2H3,(H,72,75)/b16-14-,37-20-,63-59+. The molecule has 0 bridgehead atoms. The fourth-order valence-corrected chi connectivity index (χ4v) is 10.8. The van der Waals surface area contributed by atoms with E-state index >= 15 is 0 Å². The second kappa shape index (κ2) is 66.6. The number of rotatable bonds is 65. The Labute approximate surface area is 481 Å². The van der Waals surface area contributed by atoms with Gasteiger partial charge in [-0.3, -0.25) is 9.59 Å². The van der Waals surface area contributed by atoms with Crippen molar-refractivity contribution >= 4 is 11.9 Å². The SMILES string of the molecule is CCCCCC/C=C\C/C=C\CCCCCCCC(=O)OCCCCCCCCCCCCCCCCCCCCCCCCCCC(=O)NC(CO)C(O)/C=C/CCCCCCCCCCCCCCCCCCCC. The van der Waals surface area contributed by atoms with Crippen LogP contribution in [0.1, 0.15) is 380 Å². The monoisotopic (exact) mass is 1080 g/mol. The first kappa shape index (κ1) is 75.1. The smallest absolute Gasteiger partial charge is 0.305 e. The Balaban J connectivity index is 3.40. The van der Waals surface area contributed by atoms with Crippen molar-refractivity contribution in [3.8, 4) is 0 Å². The summed E-state index contributed by atoms with van der Waals surface area (Å²) in [4.78, 5) is 24.6. The van der Waals surface area contributed by atoms with Crippen molar-refractivity contribution in [2.75, 3.05) is 13.2 Å². The van der Waals surface area contributed by atoms with E-state index in [9.17, 15) is 19.8 Å². The predicted octanol–water partition coefficient (Wildman–Crippen LogP) is 22.3. The number of ether oxygens (including phenoxy) is 1. The van der Waals surface area contributed by atoms with Gasteiger partial charge in [0.25, 0.3) is 0 Å². The number of esters is 1. The van der Waals surface area contributed by atoms with Gasteiger partial charge < -0.3 is 20.3 Å². The van der Waals surface area contributed by atoms with Crippen LogP contribution in [0.5, 0.6) is 0 Å². The normalized spacial score (nSPS) is 12.7. The third kappa shape index (κ3) is 63.1. The molecule has 6 nitrogen and oxygen atoms in total. The summed E-state index contributed by atoms with van der Waals surface area (Å²) in [7, 11) is 0. The highest BCUT2D eigenvalue weighted by atomic mass is 16.5. The molecule has 0 fully saturated rings. The van der Waals surface area contributed by atoms with Gasteiger partial charge in [0.05, 0.1) is 25.4 Å². The van der Waals surface area contributed by atoms with Crippen LogP contribution in [0.4, 0.5) is 0 Å². The minimum Gasteiger partial charge on any atom is -0.466 e. The fraction of sp³-hybridized carbons (Fsp3) is 0.887. The third-order valence-electron chi connectivity index (χ3n) is 16.2. The zero-order chi connectivity index (χ0) is 55.7. The maximum atomic E-state index is 12.5. The summed E-state index contributed by atoms with van der Waals surface area (Å²) in [5, 5.41) is 23.2. The molecule has 454 valence electrons. The van der Waals surface area contributed by atoms with E-state index in [1.54, 1.807) is 6.08 Å². The van der Waals surface area contributed by atoms with Crippen LogP contribution in [0, 0.1) is 0 Å². The van der Waals surface area contributed by atoms with Gasteiger partial charge in [0.15, 0.2) is 0 Å². The van der Waals surface area contributed by atoms with Crippen molar-refractivity contribution in [3.63, 3.8) is 0 Å². The molecule has 0 spiro atoms. The highest BCUT2D eigenvalue weighted by Gasteiger charge is 2.18. The second-order valence-corrected chi connectivity index (χ2v) is 23.9. The maximum absolute atomic E-state index is 12.5. The molecule has 3 N–H and O–H groups in total. The summed E-state index contributed by atoms with van der Waals surface area (Å²) in [6.07, 6.45) is 85.0. The molecule has 0 radical (unpaired) electrons. The van der Waals surface area contributed by atoms with Crippen LogP contribution in [-0.2, 0) is 14.3 Å². The Bertz CT molecular complexity index is 1250. The number of amides is 1. The summed E-state index contributed by atoms with van der Waals surface area (Å²) in [6, 6.07) is -0.628. The topological polar surface area (TPSA) is 95.9 Å². The van der Waals surface area contributed by atoms with E-state index in [1.165, 1.54) is 302 Å². The van der Waals surface area contributed by atoms with Crippen molar-refractivity contribution < 1.29 is 24.5 Å². The number of allylic oxidation sites excluding steroid dienone is 5. The third-order valence-corrected chi connectivity index (χ3v) is 16.2. The minimum atomic E-state index is -0.845. The molecular weight excluding hydrogens is 947 g/mol. The van der Waals surface area contributed by atoms with Gasteiger partial charge >= 0.3 is 5.97 Å². The minimum absolute atomic E-state index is 0.00196. The second-order valence-electron chi connectivity index (χ2n) is 23.9. The summed E-state index contributed by atoms with van der Waals surface area (Å²) in [6.45, 7) is 4.91. The van der Waals surface area contributed by atoms with Crippen molar-refractivity contribution in [1.29, 1.82) is 0 Å². The quantitative estimate of drug-likeness (QED) is 0.0320. The Hall–Kier alpha value is -1.92. The van der Waals surface area contributed by atoms with Gasteiger partial charge in [-0.05, 0) is 64.2 Å². The average molecular weight is 1080 g/mol. The highest BCUT2D eigenvalue weighted by molar-refractivity contribution is 5.76. The molecule has 0 aromatic rings. The zero-order valence-corrected chi connectivity index (χ0v) is 52.0. The Morgan fingerprint density at radius 3 is 1.00 bits per heavy atom. The molecule has 0 aliphatic rings. The van der Waals surface area contributed by atoms with Gasteiger partial charge in [0.1, 0.15) is 0 Å². The first-order valence-corrected chi connectivity index (χ1v) is 34.8. The molecule has 0 aliphatic heterocycles. The lowest BCUT2D eigenvalue weighted by molar-refractivity contribution is -0.143. The molecule has 0 rings (SSSR count). The molecule has 2 atom stereocenters. The summed E-state index contributed by atoms with van der Waals surface area (Å²) >= 11 is 0. The molecule has 0 heterocycles. The first-order valence-electron chi connectivity index (χ1n) is 34.8. The van der Waals surface area contributed by atoms with Crippen LogP contribution >= 0.6 is 0 Å². The summed E-state index contributed by atoms with van der Waals surface area (Å²) < 4.78 is 5.49. The van der Waals surface area contributed by atoms with E-state index in [0.717, 1.165) is 51.4 Å². The van der Waals surface area contributed by atoms with Crippen LogP contribution < -0.4 is 5.32 Å². The number of nitrogens with one attached hydrogen (secondary N) is 1. The van der Waals surface area contributed by atoms with Gasteiger partial charge in [-0.1, -0.05) is 339 Å². The Kier molecular flexibility index (Phi) is 64.9. The molecule has 6 heteroatoms. The number of aliphatic hydroxyl groups is 2. The van der Waals surface area contributed by atoms with E-state index in [0.29, 0.717) is 19.4 Å². The van der Waals surface area contributed by atoms with Gasteiger partial charge in [-0.25, -0.2) is 0 Å². The molecule has 77 heavy (non-hydrogen) atoms. The predicted molar refractivity (Wildman–Crippen MR) is 338 cm³/mol. The van der Waals surface area contributed by atoms with Crippen molar-refractivity contribution in [2.45, 2.75) is 392 Å². The Morgan fingerprint density at radius 2 is 0.649 bits per heavy atom. The van der Waals surface area contributed by atoms with Gasteiger partial charge in [0, 0.05) is 12.8 Å². The lowest BCUT2D eigenvalue weighted by Gasteiger charge is -2.20. The molecule has 1 amide bonds. The lowest BCUT2D eigenvalue weighted by Crippen LogP contribution is -2.45. The number of unbranched alkanes of at least 4 members (excludes halogenated alkanes) is 50. The van der Waals surface area contributed by atoms with Crippen molar-refractivity contribution in [2.24, 2.45) is 0 Å². The van der Waals surface area contributed by atoms with Crippen LogP contribution in [0.2, 0.25) is 0 Å². The van der Waals surface area contributed by atoms with E-state index in [1.807, 2.05) is 6.08 Å².